The molecule has 0 aliphatic rings. The van der Waals surface area contributed by atoms with E-state index in [9.17, 15) is 24.3 Å². The van der Waals surface area contributed by atoms with Gasteiger partial charge in [0.2, 0.25) is 11.8 Å². The topological polar surface area (TPSA) is 134 Å². The first-order valence-corrected chi connectivity index (χ1v) is 18.3. The number of rotatable bonds is 17. The van der Waals surface area contributed by atoms with Crippen LogP contribution in [0.5, 0.6) is 5.75 Å². The first-order chi connectivity index (χ1) is 24.6. The van der Waals surface area contributed by atoms with Crippen LogP contribution in [0, 0.1) is 0 Å². The maximum absolute atomic E-state index is 14.9. The number of carbonyl (C=O) groups is 4. The number of hydrogen-bond donors (Lipinski definition) is 3. The molecule has 3 unspecified atom stereocenters. The molecular formula is C42H57N3O7. The number of amides is 3. The fourth-order valence-corrected chi connectivity index (χ4v) is 5.75. The fraction of sp³-hybridized carbons (Fsp3) is 0.476. The molecule has 0 spiro atoms. The van der Waals surface area contributed by atoms with E-state index >= 15 is 0 Å². The minimum Gasteiger partial charge on any atom is -0.508 e. The SMILES string of the molecule is CCCCCCCN(C(=O)C(Cc1ccccc1)NC(=O)OC(C)(C)C)C(C(=O)NC(Cc1ccccc1)C(=O)OC(C)(C)C)c1ccc(O)cc1. The number of unbranched alkanes of at least 4 members (excludes halogenated alkanes) is 4. The van der Waals surface area contributed by atoms with Gasteiger partial charge in [-0.1, -0.05) is 105 Å². The van der Waals surface area contributed by atoms with Gasteiger partial charge in [-0.3, -0.25) is 9.59 Å². The second kappa shape index (κ2) is 19.7. The zero-order valence-electron chi connectivity index (χ0n) is 31.8. The summed E-state index contributed by atoms with van der Waals surface area (Å²) in [5.74, 6) is -1.71. The highest BCUT2D eigenvalue weighted by molar-refractivity contribution is 5.94. The summed E-state index contributed by atoms with van der Waals surface area (Å²) in [5, 5.41) is 15.9. The molecule has 52 heavy (non-hydrogen) atoms. The summed E-state index contributed by atoms with van der Waals surface area (Å²) in [6, 6.07) is 21.3. The van der Waals surface area contributed by atoms with E-state index in [-0.39, 0.29) is 25.1 Å². The Kier molecular flexibility index (Phi) is 15.7. The number of phenols is 1. The number of esters is 1. The maximum atomic E-state index is 14.9. The molecule has 3 rings (SSSR count). The van der Waals surface area contributed by atoms with Crippen molar-refractivity contribution < 1.29 is 33.8 Å². The Morgan fingerprint density at radius 1 is 0.673 bits per heavy atom. The lowest BCUT2D eigenvalue weighted by Gasteiger charge is -2.35. The Bertz CT molecular complexity index is 1570. The molecule has 0 radical (unpaired) electrons. The number of alkyl carbamates (subject to hydrolysis) is 1. The average Bonchev–Trinajstić information content (AvgIpc) is 3.06. The Balaban J connectivity index is 2.11. The van der Waals surface area contributed by atoms with Crippen LogP contribution < -0.4 is 10.6 Å². The van der Waals surface area contributed by atoms with Crippen LogP contribution in [0.3, 0.4) is 0 Å². The largest absolute Gasteiger partial charge is 0.508 e. The minimum atomic E-state index is -1.22. The molecule has 282 valence electrons. The van der Waals surface area contributed by atoms with Crippen LogP contribution in [-0.2, 0) is 36.7 Å². The number of nitrogens with one attached hydrogen (secondary N) is 2. The number of aromatic hydroxyl groups is 1. The molecular weight excluding hydrogens is 658 g/mol. The van der Waals surface area contributed by atoms with Crippen LogP contribution >= 0.6 is 0 Å². The summed E-state index contributed by atoms with van der Waals surface area (Å²) in [5.41, 5.74) is 0.417. The standard InChI is InChI=1S/C42H57N3O7/c1-8-9-10-11-18-27-45(38(48)34(28-30-19-14-12-15-20-30)44-40(50)52-42(5,6)7)36(32-23-25-33(46)26-24-32)37(47)43-35(39(49)51-41(2,3)4)29-31-21-16-13-17-22-31/h12-17,19-26,34-36,46H,8-11,18,27-29H2,1-7H3,(H,43,47)(H,44,50). The molecule has 0 saturated heterocycles. The lowest BCUT2D eigenvalue weighted by atomic mass is 9.98. The smallest absolute Gasteiger partial charge is 0.408 e. The van der Waals surface area contributed by atoms with E-state index < -0.39 is 53.2 Å². The fourth-order valence-electron chi connectivity index (χ4n) is 5.75. The number of nitrogens with zero attached hydrogens (tertiary/aromatic N) is 1. The Morgan fingerprint density at radius 2 is 1.19 bits per heavy atom. The van der Waals surface area contributed by atoms with Gasteiger partial charge in [-0.2, -0.15) is 0 Å². The molecule has 0 heterocycles. The van der Waals surface area contributed by atoms with Gasteiger partial charge in [0.15, 0.2) is 0 Å². The quantitative estimate of drug-likeness (QED) is 0.0977. The molecule has 3 atom stereocenters. The van der Waals surface area contributed by atoms with Crippen molar-refractivity contribution in [2.75, 3.05) is 6.54 Å². The molecule has 3 aromatic carbocycles. The zero-order chi connectivity index (χ0) is 38.3. The van der Waals surface area contributed by atoms with E-state index in [1.165, 1.54) is 17.0 Å². The summed E-state index contributed by atoms with van der Waals surface area (Å²) in [6.07, 6.45) is 3.97. The van der Waals surface area contributed by atoms with Gasteiger partial charge in [0, 0.05) is 19.4 Å². The molecule has 0 aromatic heterocycles. The third-order valence-electron chi connectivity index (χ3n) is 8.12. The van der Waals surface area contributed by atoms with Crippen molar-refractivity contribution in [1.82, 2.24) is 15.5 Å². The molecule has 0 bridgehead atoms. The summed E-state index contributed by atoms with van der Waals surface area (Å²) in [7, 11) is 0. The van der Waals surface area contributed by atoms with Crippen molar-refractivity contribution in [3.63, 3.8) is 0 Å². The molecule has 10 nitrogen and oxygen atoms in total. The maximum Gasteiger partial charge on any atom is 0.408 e. The highest BCUT2D eigenvalue weighted by atomic mass is 16.6. The van der Waals surface area contributed by atoms with Gasteiger partial charge in [-0.25, -0.2) is 9.59 Å². The van der Waals surface area contributed by atoms with Crippen molar-refractivity contribution in [1.29, 1.82) is 0 Å². The highest BCUT2D eigenvalue weighted by Crippen LogP contribution is 2.27. The number of phenolic OH excluding ortho intramolecular Hbond substituents is 1. The third-order valence-corrected chi connectivity index (χ3v) is 8.12. The van der Waals surface area contributed by atoms with E-state index in [1.54, 1.807) is 53.7 Å². The Morgan fingerprint density at radius 3 is 1.71 bits per heavy atom. The molecule has 0 fully saturated rings. The molecule has 3 amide bonds. The highest BCUT2D eigenvalue weighted by Gasteiger charge is 2.38. The van der Waals surface area contributed by atoms with Crippen LogP contribution in [-0.4, -0.2) is 63.7 Å². The summed E-state index contributed by atoms with van der Waals surface area (Å²) in [4.78, 5) is 57.8. The van der Waals surface area contributed by atoms with Crippen molar-refractivity contribution >= 4 is 23.9 Å². The van der Waals surface area contributed by atoms with Crippen LogP contribution in [0.4, 0.5) is 4.79 Å². The number of benzene rings is 3. The molecule has 10 heteroatoms. The first-order valence-electron chi connectivity index (χ1n) is 18.3. The number of hydrogen-bond acceptors (Lipinski definition) is 7. The van der Waals surface area contributed by atoms with Crippen LogP contribution in [0.25, 0.3) is 0 Å². The van der Waals surface area contributed by atoms with Crippen LogP contribution in [0.15, 0.2) is 84.9 Å². The van der Waals surface area contributed by atoms with Gasteiger partial charge >= 0.3 is 12.1 Å². The van der Waals surface area contributed by atoms with Gasteiger partial charge < -0.3 is 30.1 Å². The van der Waals surface area contributed by atoms with Gasteiger partial charge in [-0.15, -0.1) is 0 Å². The van der Waals surface area contributed by atoms with E-state index in [2.05, 4.69) is 17.6 Å². The van der Waals surface area contributed by atoms with E-state index in [1.807, 2.05) is 60.7 Å². The van der Waals surface area contributed by atoms with E-state index in [0.29, 0.717) is 12.0 Å². The van der Waals surface area contributed by atoms with Gasteiger partial charge in [-0.05, 0) is 76.8 Å². The third kappa shape index (κ3) is 14.4. The van der Waals surface area contributed by atoms with Crippen LogP contribution in [0.1, 0.15) is 103 Å². The first kappa shape index (κ1) is 41.6. The second-order valence-electron chi connectivity index (χ2n) is 15.1. The normalized spacial score (nSPS) is 13.3. The summed E-state index contributed by atoms with van der Waals surface area (Å²) >= 11 is 0. The lowest BCUT2D eigenvalue weighted by molar-refractivity contribution is -0.159. The number of carbonyl (C=O) groups excluding carboxylic acids is 4. The Labute approximate surface area is 309 Å². The number of ether oxygens (including phenoxy) is 2. The Hall–Kier alpha value is -4.86. The average molecular weight is 716 g/mol. The predicted octanol–water partition coefficient (Wildman–Crippen LogP) is 7.44. The minimum absolute atomic E-state index is 0.00962. The van der Waals surface area contributed by atoms with Crippen LogP contribution in [0.2, 0.25) is 0 Å². The van der Waals surface area contributed by atoms with E-state index in [4.69, 9.17) is 9.47 Å². The summed E-state index contributed by atoms with van der Waals surface area (Å²) in [6.45, 7) is 12.8. The van der Waals surface area contributed by atoms with E-state index in [0.717, 1.165) is 36.8 Å². The molecule has 3 N–H and O–H groups in total. The second-order valence-corrected chi connectivity index (χ2v) is 15.1. The van der Waals surface area contributed by atoms with Crippen molar-refractivity contribution in [3.8, 4) is 5.75 Å². The van der Waals surface area contributed by atoms with Gasteiger partial charge in [0.1, 0.15) is 35.1 Å². The van der Waals surface area contributed by atoms with Crippen molar-refractivity contribution in [3.05, 3.63) is 102 Å². The zero-order valence-corrected chi connectivity index (χ0v) is 31.8. The summed E-state index contributed by atoms with van der Waals surface area (Å²) < 4.78 is 11.3. The lowest BCUT2D eigenvalue weighted by Crippen LogP contribution is -2.55. The molecule has 0 aliphatic heterocycles. The monoisotopic (exact) mass is 715 g/mol. The molecule has 0 saturated carbocycles. The predicted molar refractivity (Wildman–Crippen MR) is 203 cm³/mol. The van der Waals surface area contributed by atoms with Crippen molar-refractivity contribution in [2.24, 2.45) is 0 Å². The van der Waals surface area contributed by atoms with Gasteiger partial charge in [0.05, 0.1) is 0 Å². The van der Waals surface area contributed by atoms with Gasteiger partial charge in [0.25, 0.3) is 0 Å². The van der Waals surface area contributed by atoms with Crippen molar-refractivity contribution in [2.45, 2.75) is 123 Å². The molecule has 0 aliphatic carbocycles. The molecule has 3 aromatic rings.